The molecule has 0 aliphatic heterocycles. The van der Waals surface area contributed by atoms with Gasteiger partial charge in [0, 0.05) is 0 Å². The highest BCUT2D eigenvalue weighted by atomic mass is 16.5. The van der Waals surface area contributed by atoms with E-state index in [-0.39, 0.29) is 6.61 Å². The third-order valence-corrected chi connectivity index (χ3v) is 3.36. The van der Waals surface area contributed by atoms with Crippen molar-refractivity contribution in [3.05, 3.63) is 35.9 Å². The van der Waals surface area contributed by atoms with E-state index in [0.29, 0.717) is 12.3 Å². The highest BCUT2D eigenvalue weighted by Crippen LogP contribution is 2.33. The topological polar surface area (TPSA) is 75.6 Å². The van der Waals surface area contributed by atoms with E-state index in [0.717, 1.165) is 12.0 Å². The van der Waals surface area contributed by atoms with Crippen LogP contribution in [-0.4, -0.2) is 23.2 Å². The van der Waals surface area contributed by atoms with E-state index in [2.05, 4.69) is 5.32 Å². The number of amides is 1. The maximum absolute atomic E-state index is 11.6. The van der Waals surface area contributed by atoms with Gasteiger partial charge in [0.25, 0.3) is 0 Å². The average molecular weight is 277 g/mol. The van der Waals surface area contributed by atoms with Crippen molar-refractivity contribution in [1.82, 2.24) is 5.32 Å². The number of carboxylic acids is 1. The second-order valence-corrected chi connectivity index (χ2v) is 5.12. The summed E-state index contributed by atoms with van der Waals surface area (Å²) in [5.41, 5.74) is 0.868. The molecule has 5 nitrogen and oxygen atoms in total. The molecule has 0 unspecified atom stereocenters. The quantitative estimate of drug-likeness (QED) is 0.803. The normalized spacial score (nSPS) is 15.4. The van der Waals surface area contributed by atoms with Gasteiger partial charge in [-0.1, -0.05) is 43.2 Å². The van der Waals surface area contributed by atoms with Crippen molar-refractivity contribution in [3.8, 4) is 0 Å². The molecule has 5 heteroatoms. The van der Waals surface area contributed by atoms with Gasteiger partial charge in [-0.3, -0.25) is 0 Å². The van der Waals surface area contributed by atoms with Crippen molar-refractivity contribution in [2.45, 2.75) is 38.3 Å². The molecule has 0 spiro atoms. The van der Waals surface area contributed by atoms with Gasteiger partial charge in [-0.2, -0.15) is 0 Å². The minimum Gasteiger partial charge on any atom is -0.480 e. The van der Waals surface area contributed by atoms with Crippen LogP contribution in [0.4, 0.5) is 4.79 Å². The Morgan fingerprint density at radius 3 is 2.60 bits per heavy atom. The van der Waals surface area contributed by atoms with Crippen LogP contribution in [0, 0.1) is 5.92 Å². The van der Waals surface area contributed by atoms with E-state index in [1.165, 1.54) is 12.8 Å². The summed E-state index contributed by atoms with van der Waals surface area (Å²) in [6, 6.07) is 8.41. The zero-order chi connectivity index (χ0) is 14.4. The molecule has 0 heterocycles. The Hall–Kier alpha value is -2.04. The first-order valence-electron chi connectivity index (χ1n) is 6.85. The molecule has 2 rings (SSSR count). The van der Waals surface area contributed by atoms with E-state index in [1.807, 2.05) is 30.3 Å². The van der Waals surface area contributed by atoms with Crippen molar-refractivity contribution >= 4 is 12.1 Å². The number of carboxylic acid groups (broad SMARTS) is 1. The summed E-state index contributed by atoms with van der Waals surface area (Å²) < 4.78 is 5.02. The Bertz CT molecular complexity index is 456. The number of benzene rings is 1. The molecule has 1 fully saturated rings. The van der Waals surface area contributed by atoms with Gasteiger partial charge >= 0.3 is 12.1 Å². The smallest absolute Gasteiger partial charge is 0.408 e. The second kappa shape index (κ2) is 6.93. The molecule has 1 aromatic carbocycles. The lowest BCUT2D eigenvalue weighted by Gasteiger charge is -2.14. The van der Waals surface area contributed by atoms with Gasteiger partial charge in [0.1, 0.15) is 12.6 Å². The summed E-state index contributed by atoms with van der Waals surface area (Å²) in [5.74, 6) is -0.374. The molecule has 20 heavy (non-hydrogen) atoms. The fraction of sp³-hybridized carbons (Fsp3) is 0.467. The number of ether oxygens (including phenoxy) is 1. The molecule has 1 aliphatic rings. The van der Waals surface area contributed by atoms with Crippen LogP contribution in [0.1, 0.15) is 31.2 Å². The van der Waals surface area contributed by atoms with Crippen LogP contribution >= 0.6 is 0 Å². The summed E-state index contributed by atoms with van der Waals surface area (Å²) in [6.07, 6.45) is 2.96. The van der Waals surface area contributed by atoms with Crippen LogP contribution in [0.2, 0.25) is 0 Å². The number of hydrogen-bond donors (Lipinski definition) is 2. The number of nitrogens with one attached hydrogen (secondary N) is 1. The Balaban J connectivity index is 1.74. The van der Waals surface area contributed by atoms with E-state index >= 15 is 0 Å². The molecule has 1 atom stereocenters. The second-order valence-electron chi connectivity index (χ2n) is 5.12. The molecule has 0 radical (unpaired) electrons. The Morgan fingerprint density at radius 2 is 2.00 bits per heavy atom. The first-order valence-corrected chi connectivity index (χ1v) is 6.85. The van der Waals surface area contributed by atoms with Gasteiger partial charge in [0.15, 0.2) is 0 Å². The van der Waals surface area contributed by atoms with E-state index < -0.39 is 18.1 Å². The zero-order valence-electron chi connectivity index (χ0n) is 11.2. The minimum absolute atomic E-state index is 0.141. The Labute approximate surface area is 117 Å². The summed E-state index contributed by atoms with van der Waals surface area (Å²) in [7, 11) is 0. The van der Waals surface area contributed by atoms with E-state index in [4.69, 9.17) is 9.84 Å². The molecule has 1 aromatic rings. The molecular weight excluding hydrogens is 258 g/mol. The molecule has 1 amide bonds. The van der Waals surface area contributed by atoms with Crippen molar-refractivity contribution in [2.75, 3.05) is 0 Å². The maximum Gasteiger partial charge on any atom is 0.408 e. The summed E-state index contributed by atoms with van der Waals surface area (Å²) >= 11 is 0. The molecule has 108 valence electrons. The summed E-state index contributed by atoms with van der Waals surface area (Å²) in [5, 5.41) is 11.5. The van der Waals surface area contributed by atoms with E-state index in [1.54, 1.807) is 0 Å². The fourth-order valence-corrected chi connectivity index (χ4v) is 1.97. The van der Waals surface area contributed by atoms with Gasteiger partial charge < -0.3 is 15.2 Å². The minimum atomic E-state index is -1.01. The lowest BCUT2D eigenvalue weighted by molar-refractivity contribution is -0.139. The van der Waals surface area contributed by atoms with E-state index in [9.17, 15) is 9.59 Å². The number of carbonyl (C=O) groups excluding carboxylic acids is 1. The largest absolute Gasteiger partial charge is 0.480 e. The predicted octanol–water partition coefficient (Wildman–Crippen LogP) is 2.56. The van der Waals surface area contributed by atoms with Crippen molar-refractivity contribution in [2.24, 2.45) is 5.92 Å². The first kappa shape index (κ1) is 14.4. The number of carbonyl (C=O) groups is 2. The molecule has 2 N–H and O–H groups in total. The van der Waals surface area contributed by atoms with Crippen LogP contribution in [0.15, 0.2) is 30.3 Å². The zero-order valence-corrected chi connectivity index (χ0v) is 11.2. The molecule has 0 bridgehead atoms. The maximum atomic E-state index is 11.6. The number of alkyl carbamates (subject to hydrolysis) is 1. The highest BCUT2D eigenvalue weighted by molar-refractivity contribution is 5.79. The van der Waals surface area contributed by atoms with Gasteiger partial charge in [-0.25, -0.2) is 9.59 Å². The highest BCUT2D eigenvalue weighted by Gasteiger charge is 2.26. The standard InChI is InChI=1S/C15H19NO4/c17-14(18)13(9-8-11-6-7-11)16-15(19)20-10-12-4-2-1-3-5-12/h1-5,11,13H,6-10H2,(H,16,19)(H,17,18)/t13-/m1/s1. The van der Waals surface area contributed by atoms with Crippen molar-refractivity contribution in [1.29, 1.82) is 0 Å². The van der Waals surface area contributed by atoms with Crippen LogP contribution < -0.4 is 5.32 Å². The number of aliphatic carboxylic acids is 1. The summed E-state index contributed by atoms with van der Waals surface area (Å²) in [6.45, 7) is 0.141. The SMILES string of the molecule is O=C(N[C@H](CCC1CC1)C(=O)O)OCc1ccccc1. The summed E-state index contributed by atoms with van der Waals surface area (Å²) in [4.78, 5) is 22.7. The van der Waals surface area contributed by atoms with Crippen molar-refractivity contribution in [3.63, 3.8) is 0 Å². The number of rotatable bonds is 7. The molecule has 0 saturated heterocycles. The van der Waals surface area contributed by atoms with Gasteiger partial charge in [-0.15, -0.1) is 0 Å². The third kappa shape index (κ3) is 4.91. The van der Waals surface area contributed by atoms with Gasteiger partial charge in [0.2, 0.25) is 0 Å². The average Bonchev–Trinajstić information content (AvgIpc) is 3.26. The van der Waals surface area contributed by atoms with Crippen LogP contribution in [0.3, 0.4) is 0 Å². The molecule has 1 saturated carbocycles. The fourth-order valence-electron chi connectivity index (χ4n) is 1.97. The van der Waals surface area contributed by atoms with Crippen molar-refractivity contribution < 1.29 is 19.4 Å². The number of hydrogen-bond acceptors (Lipinski definition) is 3. The molecule has 0 aromatic heterocycles. The van der Waals surface area contributed by atoms with Crippen LogP contribution in [0.25, 0.3) is 0 Å². The monoisotopic (exact) mass is 277 g/mol. The Kier molecular flexibility index (Phi) is 4.98. The predicted molar refractivity (Wildman–Crippen MR) is 73.1 cm³/mol. The lowest BCUT2D eigenvalue weighted by Crippen LogP contribution is -2.41. The van der Waals surface area contributed by atoms with Gasteiger partial charge in [-0.05, 0) is 24.3 Å². The molecule has 1 aliphatic carbocycles. The van der Waals surface area contributed by atoms with Crippen LogP contribution in [-0.2, 0) is 16.1 Å². The molecular formula is C15H19NO4. The van der Waals surface area contributed by atoms with Gasteiger partial charge in [0.05, 0.1) is 0 Å². The third-order valence-electron chi connectivity index (χ3n) is 3.36. The first-order chi connectivity index (χ1) is 9.65. The lowest BCUT2D eigenvalue weighted by atomic mass is 10.1. The Morgan fingerprint density at radius 1 is 1.30 bits per heavy atom. The van der Waals surface area contributed by atoms with Crippen LogP contribution in [0.5, 0.6) is 0 Å².